The number of nitrogens with zero attached hydrogens (tertiary/aromatic N) is 1. The van der Waals surface area contributed by atoms with Crippen LogP contribution in [0.1, 0.15) is 44.7 Å². The Labute approximate surface area is 192 Å². The van der Waals surface area contributed by atoms with Crippen LogP contribution in [0.3, 0.4) is 0 Å². The lowest BCUT2D eigenvalue weighted by molar-refractivity contribution is -0.139. The molecule has 0 aromatic heterocycles. The second-order valence-electron chi connectivity index (χ2n) is 8.22. The van der Waals surface area contributed by atoms with Crippen molar-refractivity contribution in [2.75, 3.05) is 26.3 Å². The van der Waals surface area contributed by atoms with Crippen LogP contribution in [0.4, 0.5) is 4.79 Å². The third-order valence-corrected chi connectivity index (χ3v) is 6.04. The molecule has 2 aromatic carbocycles. The van der Waals surface area contributed by atoms with Crippen LogP contribution >= 0.6 is 0 Å². The van der Waals surface area contributed by atoms with Gasteiger partial charge in [0.15, 0.2) is 6.61 Å². The highest BCUT2D eigenvalue weighted by molar-refractivity contribution is 5.98. The summed E-state index contributed by atoms with van der Waals surface area (Å²) < 4.78 is 11.3. The number of amides is 3. The first kappa shape index (κ1) is 22.6. The average Bonchev–Trinajstić information content (AvgIpc) is 2.82. The summed E-state index contributed by atoms with van der Waals surface area (Å²) in [5, 5.41) is 7.26. The van der Waals surface area contributed by atoms with Crippen LogP contribution in [0.2, 0.25) is 0 Å². The SMILES string of the molecule is CCOC(=O)C1=C(C)NC(=O)N[C@H]1c1c(OCC(=O)N2CCCCC2)ccc2ccccc12. The van der Waals surface area contributed by atoms with Crippen LogP contribution in [-0.4, -0.2) is 49.1 Å². The number of ether oxygens (including phenoxy) is 2. The van der Waals surface area contributed by atoms with E-state index in [9.17, 15) is 14.4 Å². The van der Waals surface area contributed by atoms with Crippen molar-refractivity contribution in [2.24, 2.45) is 0 Å². The first-order chi connectivity index (χ1) is 16.0. The van der Waals surface area contributed by atoms with Crippen LogP contribution in [-0.2, 0) is 14.3 Å². The van der Waals surface area contributed by atoms with Gasteiger partial charge in [0.1, 0.15) is 5.75 Å². The molecule has 2 aliphatic rings. The van der Waals surface area contributed by atoms with E-state index >= 15 is 0 Å². The topological polar surface area (TPSA) is 97.0 Å². The minimum atomic E-state index is -0.788. The van der Waals surface area contributed by atoms with Crippen molar-refractivity contribution in [2.45, 2.75) is 39.2 Å². The standard InChI is InChI=1S/C25H29N3O5/c1-3-32-24(30)21-16(2)26-25(31)27-23(21)22-18-10-6-5-9-17(18)11-12-19(22)33-15-20(29)28-13-7-4-8-14-28/h5-6,9-12,23H,3-4,7-8,13-15H2,1-2H3,(H2,26,27,31)/t23-/m1/s1. The second-order valence-corrected chi connectivity index (χ2v) is 8.22. The summed E-state index contributed by atoms with van der Waals surface area (Å²) >= 11 is 0. The molecular formula is C25H29N3O5. The number of allylic oxidation sites excluding steroid dienone is 1. The summed E-state index contributed by atoms with van der Waals surface area (Å²) in [4.78, 5) is 39.8. The summed E-state index contributed by atoms with van der Waals surface area (Å²) in [6.45, 7) is 4.99. The number of likely N-dealkylation sites (tertiary alicyclic amines) is 1. The van der Waals surface area contributed by atoms with Gasteiger partial charge in [0.05, 0.1) is 18.2 Å². The number of esters is 1. The second kappa shape index (κ2) is 9.94. The maximum Gasteiger partial charge on any atom is 0.338 e. The average molecular weight is 452 g/mol. The molecule has 8 nitrogen and oxygen atoms in total. The minimum absolute atomic E-state index is 0.0690. The van der Waals surface area contributed by atoms with E-state index in [1.165, 1.54) is 0 Å². The number of hydrogen-bond donors (Lipinski definition) is 2. The number of carbonyl (C=O) groups excluding carboxylic acids is 3. The minimum Gasteiger partial charge on any atom is -0.483 e. The third-order valence-electron chi connectivity index (χ3n) is 6.04. The molecule has 33 heavy (non-hydrogen) atoms. The Bertz CT molecular complexity index is 1100. The van der Waals surface area contributed by atoms with Crippen molar-refractivity contribution < 1.29 is 23.9 Å². The molecule has 4 rings (SSSR count). The van der Waals surface area contributed by atoms with Gasteiger partial charge in [-0.25, -0.2) is 9.59 Å². The van der Waals surface area contributed by atoms with E-state index < -0.39 is 18.0 Å². The summed E-state index contributed by atoms with van der Waals surface area (Å²) in [5.74, 6) is -0.142. The molecule has 1 fully saturated rings. The maximum atomic E-state index is 12.8. The molecule has 174 valence electrons. The smallest absolute Gasteiger partial charge is 0.338 e. The molecular weight excluding hydrogens is 422 g/mol. The molecule has 0 bridgehead atoms. The van der Waals surface area contributed by atoms with Gasteiger partial charge in [-0.05, 0) is 49.9 Å². The van der Waals surface area contributed by atoms with Crippen molar-refractivity contribution in [3.05, 3.63) is 53.2 Å². The van der Waals surface area contributed by atoms with E-state index in [2.05, 4.69) is 10.6 Å². The normalized spacial score (nSPS) is 18.5. The molecule has 0 spiro atoms. The Kier molecular flexibility index (Phi) is 6.82. The quantitative estimate of drug-likeness (QED) is 0.656. The van der Waals surface area contributed by atoms with Gasteiger partial charge in [0, 0.05) is 24.4 Å². The number of piperidine rings is 1. The van der Waals surface area contributed by atoms with Crippen molar-refractivity contribution >= 4 is 28.7 Å². The first-order valence-electron chi connectivity index (χ1n) is 11.4. The zero-order valence-corrected chi connectivity index (χ0v) is 19.0. The van der Waals surface area contributed by atoms with E-state index in [4.69, 9.17) is 9.47 Å². The van der Waals surface area contributed by atoms with Gasteiger partial charge in [-0.3, -0.25) is 4.79 Å². The number of urea groups is 1. The highest BCUT2D eigenvalue weighted by atomic mass is 16.5. The third kappa shape index (κ3) is 4.79. The number of hydrogen-bond acceptors (Lipinski definition) is 5. The van der Waals surface area contributed by atoms with E-state index in [0.717, 1.165) is 43.1 Å². The summed E-state index contributed by atoms with van der Waals surface area (Å²) in [6.07, 6.45) is 3.14. The fourth-order valence-corrected chi connectivity index (χ4v) is 4.46. The van der Waals surface area contributed by atoms with Gasteiger partial charge in [-0.15, -0.1) is 0 Å². The van der Waals surface area contributed by atoms with E-state index in [-0.39, 0.29) is 19.1 Å². The molecule has 0 aliphatic carbocycles. The highest BCUT2D eigenvalue weighted by Crippen LogP contribution is 2.38. The molecule has 3 amide bonds. The maximum absolute atomic E-state index is 12.8. The van der Waals surface area contributed by atoms with Gasteiger partial charge in [0.25, 0.3) is 5.91 Å². The van der Waals surface area contributed by atoms with Gasteiger partial charge < -0.3 is 25.0 Å². The largest absolute Gasteiger partial charge is 0.483 e. The van der Waals surface area contributed by atoms with Crippen LogP contribution in [0.5, 0.6) is 5.75 Å². The predicted molar refractivity (Wildman–Crippen MR) is 124 cm³/mol. The Morgan fingerprint density at radius 1 is 1.09 bits per heavy atom. The zero-order valence-electron chi connectivity index (χ0n) is 19.0. The molecule has 2 aromatic rings. The highest BCUT2D eigenvalue weighted by Gasteiger charge is 2.35. The van der Waals surface area contributed by atoms with Crippen molar-refractivity contribution in [3.8, 4) is 5.75 Å². The van der Waals surface area contributed by atoms with Gasteiger partial charge in [-0.1, -0.05) is 30.3 Å². The van der Waals surface area contributed by atoms with Gasteiger partial charge >= 0.3 is 12.0 Å². The van der Waals surface area contributed by atoms with Crippen LogP contribution in [0.25, 0.3) is 10.8 Å². The van der Waals surface area contributed by atoms with Crippen LogP contribution < -0.4 is 15.4 Å². The van der Waals surface area contributed by atoms with E-state index in [0.29, 0.717) is 22.6 Å². The number of carbonyl (C=O) groups is 3. The molecule has 0 unspecified atom stereocenters. The monoisotopic (exact) mass is 451 g/mol. The van der Waals surface area contributed by atoms with E-state index in [1.807, 2.05) is 35.2 Å². The molecule has 8 heteroatoms. The Balaban J connectivity index is 1.74. The van der Waals surface area contributed by atoms with Crippen LogP contribution in [0, 0.1) is 0 Å². The molecule has 1 atom stereocenters. The fraction of sp³-hybridized carbons (Fsp3) is 0.400. The number of rotatable bonds is 6. The molecule has 0 saturated carbocycles. The Morgan fingerprint density at radius 2 is 1.85 bits per heavy atom. The van der Waals surface area contributed by atoms with Crippen molar-refractivity contribution in [1.29, 1.82) is 0 Å². The lowest BCUT2D eigenvalue weighted by atomic mass is 9.90. The molecule has 2 N–H and O–H groups in total. The number of fused-ring (bicyclic) bond motifs is 1. The predicted octanol–water partition coefficient (Wildman–Crippen LogP) is 3.42. The first-order valence-corrected chi connectivity index (χ1v) is 11.4. The zero-order chi connectivity index (χ0) is 23.4. The molecule has 2 heterocycles. The Morgan fingerprint density at radius 3 is 2.61 bits per heavy atom. The summed E-state index contributed by atoms with van der Waals surface area (Å²) in [7, 11) is 0. The fourth-order valence-electron chi connectivity index (χ4n) is 4.46. The molecule has 1 saturated heterocycles. The van der Waals surface area contributed by atoms with Crippen molar-refractivity contribution in [3.63, 3.8) is 0 Å². The Hall–Kier alpha value is -3.55. The summed E-state index contributed by atoms with van der Waals surface area (Å²) in [5.41, 5.74) is 1.35. The number of nitrogens with one attached hydrogen (secondary N) is 2. The summed E-state index contributed by atoms with van der Waals surface area (Å²) in [6, 6.07) is 10.1. The molecule has 0 radical (unpaired) electrons. The molecule has 2 aliphatic heterocycles. The van der Waals surface area contributed by atoms with Crippen molar-refractivity contribution in [1.82, 2.24) is 15.5 Å². The van der Waals surface area contributed by atoms with E-state index in [1.54, 1.807) is 19.9 Å². The van der Waals surface area contributed by atoms with Gasteiger partial charge in [0.2, 0.25) is 0 Å². The van der Waals surface area contributed by atoms with Crippen LogP contribution in [0.15, 0.2) is 47.7 Å². The lowest BCUT2D eigenvalue weighted by Gasteiger charge is -2.30. The lowest BCUT2D eigenvalue weighted by Crippen LogP contribution is -2.45. The van der Waals surface area contributed by atoms with Gasteiger partial charge in [-0.2, -0.15) is 0 Å². The number of benzene rings is 2.